The highest BCUT2D eigenvalue weighted by molar-refractivity contribution is 7.99. The molecule has 1 saturated heterocycles. The lowest BCUT2D eigenvalue weighted by Gasteiger charge is -2.36. The maximum absolute atomic E-state index is 12.8. The number of carbonyl (C=O) groups excluding carboxylic acids is 3. The summed E-state index contributed by atoms with van der Waals surface area (Å²) in [5, 5.41) is 18.1. The second kappa shape index (κ2) is 17.6. The maximum atomic E-state index is 12.8. The van der Waals surface area contributed by atoms with Gasteiger partial charge in [-0.2, -0.15) is 0 Å². The zero-order valence-corrected chi connectivity index (χ0v) is 28.2. The van der Waals surface area contributed by atoms with Gasteiger partial charge in [0.05, 0.1) is 30.2 Å². The Balaban J connectivity index is 1.18. The van der Waals surface area contributed by atoms with Crippen LogP contribution in [0, 0.1) is 0 Å². The van der Waals surface area contributed by atoms with Crippen LogP contribution in [0.15, 0.2) is 102 Å². The van der Waals surface area contributed by atoms with E-state index in [9.17, 15) is 19.5 Å². The molecule has 0 bridgehead atoms. The number of nitrogen functional groups attached to an aromatic ring is 1. The molecule has 1 heterocycles. The molecule has 6 N–H and O–H groups in total. The van der Waals surface area contributed by atoms with Crippen molar-refractivity contribution in [3.05, 3.63) is 114 Å². The zero-order valence-electron chi connectivity index (χ0n) is 27.4. The lowest BCUT2D eigenvalue weighted by molar-refractivity contribution is -0.245. The fourth-order valence-corrected chi connectivity index (χ4v) is 6.35. The number of unbranched alkanes of at least 4 members (excludes halogenated alkanes) is 1. The van der Waals surface area contributed by atoms with Crippen LogP contribution in [0.5, 0.6) is 0 Å². The van der Waals surface area contributed by atoms with E-state index in [2.05, 4.69) is 16.0 Å². The molecule has 3 amide bonds. The van der Waals surface area contributed by atoms with E-state index in [1.807, 2.05) is 78.9 Å². The number of anilines is 4. The van der Waals surface area contributed by atoms with Crippen LogP contribution in [-0.4, -0.2) is 34.7 Å². The molecule has 1 aliphatic rings. The Morgan fingerprint density at radius 3 is 2.20 bits per heavy atom. The quantitative estimate of drug-likeness (QED) is 0.0532. The molecular formula is C38H42N4O6S. The number of carbonyl (C=O) groups is 3. The third kappa shape index (κ3) is 10.9. The van der Waals surface area contributed by atoms with Gasteiger partial charge in [-0.05, 0) is 72.5 Å². The number of hydrogen-bond acceptors (Lipinski definition) is 8. The molecule has 0 saturated carbocycles. The standard InChI is InChI=1S/C38H42N4O6S/c1-25(44)40-29-17-19-32(20-18-29)49-24-31-22-35(27-15-13-26(23-43)14-16-27)48-38(47-31)28-7-6-8-30(21-28)41-36(45)11-4-5-12-37(46)42-34-10-3-2-9-33(34)39/h2-3,6-10,13-21,31,35,38,43H,4-5,11-12,22-24,39H2,1H3,(H,40,44)(H,41,45)(H,42,46)/t31-,35+,38+/m1/s1. The van der Waals surface area contributed by atoms with Gasteiger partial charge in [-0.25, -0.2) is 0 Å². The van der Waals surface area contributed by atoms with E-state index in [1.54, 1.807) is 30.0 Å². The Hall–Kier alpha value is -4.68. The first-order chi connectivity index (χ1) is 23.7. The van der Waals surface area contributed by atoms with Crippen molar-refractivity contribution >= 4 is 52.2 Å². The Labute approximate surface area is 290 Å². The molecule has 256 valence electrons. The number of hydrogen-bond donors (Lipinski definition) is 5. The van der Waals surface area contributed by atoms with E-state index in [1.165, 1.54) is 6.92 Å². The molecule has 4 aromatic rings. The fourth-order valence-electron chi connectivity index (χ4n) is 5.43. The predicted molar refractivity (Wildman–Crippen MR) is 193 cm³/mol. The summed E-state index contributed by atoms with van der Waals surface area (Å²) in [5.74, 6) is 0.280. The Kier molecular flexibility index (Phi) is 12.8. The lowest BCUT2D eigenvalue weighted by Crippen LogP contribution is -2.31. The highest BCUT2D eigenvalue weighted by atomic mass is 32.2. The first-order valence-electron chi connectivity index (χ1n) is 16.3. The number of benzene rings is 4. The number of ether oxygens (including phenoxy) is 2. The molecular weight excluding hydrogens is 641 g/mol. The van der Waals surface area contributed by atoms with Crippen molar-refractivity contribution in [2.75, 3.05) is 27.4 Å². The summed E-state index contributed by atoms with van der Waals surface area (Å²) in [4.78, 5) is 37.5. The number of aliphatic hydroxyl groups excluding tert-OH is 1. The van der Waals surface area contributed by atoms with E-state index in [0.29, 0.717) is 48.5 Å². The normalized spacial score (nSPS) is 17.2. The summed E-state index contributed by atoms with van der Waals surface area (Å²) in [6.07, 6.45) is 1.27. The molecule has 0 radical (unpaired) electrons. The van der Waals surface area contributed by atoms with E-state index in [4.69, 9.17) is 15.2 Å². The monoisotopic (exact) mass is 682 g/mol. The molecule has 11 heteroatoms. The second-order valence-corrected chi connectivity index (χ2v) is 13.0. The fraction of sp³-hybridized carbons (Fsp3) is 0.289. The first-order valence-corrected chi connectivity index (χ1v) is 17.3. The molecule has 1 fully saturated rings. The molecule has 0 aromatic heterocycles. The topological polar surface area (TPSA) is 152 Å². The van der Waals surface area contributed by atoms with Gasteiger partial charge in [0.1, 0.15) is 0 Å². The summed E-state index contributed by atoms with van der Waals surface area (Å²) in [7, 11) is 0. The van der Waals surface area contributed by atoms with E-state index < -0.39 is 6.29 Å². The molecule has 1 aliphatic heterocycles. The van der Waals surface area contributed by atoms with E-state index >= 15 is 0 Å². The van der Waals surface area contributed by atoms with Crippen molar-refractivity contribution in [2.45, 2.75) is 69.0 Å². The van der Waals surface area contributed by atoms with Crippen LogP contribution < -0.4 is 21.7 Å². The van der Waals surface area contributed by atoms with Gasteiger partial charge in [0, 0.05) is 53.8 Å². The van der Waals surface area contributed by atoms with Crippen LogP contribution in [0.4, 0.5) is 22.7 Å². The minimum atomic E-state index is -0.668. The highest BCUT2D eigenvalue weighted by Gasteiger charge is 2.32. The Bertz CT molecular complexity index is 1720. The largest absolute Gasteiger partial charge is 0.397 e. The number of rotatable bonds is 14. The smallest absolute Gasteiger partial charge is 0.224 e. The number of para-hydroxylation sites is 2. The zero-order chi connectivity index (χ0) is 34.6. The second-order valence-electron chi connectivity index (χ2n) is 11.9. The van der Waals surface area contributed by atoms with Crippen LogP contribution in [0.3, 0.4) is 0 Å². The van der Waals surface area contributed by atoms with Gasteiger partial charge in [-0.1, -0.05) is 48.5 Å². The average molecular weight is 683 g/mol. The van der Waals surface area contributed by atoms with Gasteiger partial charge in [-0.3, -0.25) is 14.4 Å². The molecule has 3 atom stereocenters. The van der Waals surface area contributed by atoms with Crippen molar-refractivity contribution in [1.82, 2.24) is 0 Å². The molecule has 10 nitrogen and oxygen atoms in total. The van der Waals surface area contributed by atoms with Gasteiger partial charge in [-0.15, -0.1) is 11.8 Å². The number of nitrogens with two attached hydrogens (primary N) is 1. The Morgan fingerprint density at radius 1 is 0.796 bits per heavy atom. The van der Waals surface area contributed by atoms with Crippen molar-refractivity contribution in [1.29, 1.82) is 0 Å². The van der Waals surface area contributed by atoms with Crippen LogP contribution >= 0.6 is 11.8 Å². The summed E-state index contributed by atoms with van der Waals surface area (Å²) in [6.45, 7) is 1.45. The first kappa shape index (κ1) is 35.6. The minimum absolute atomic E-state index is 0.0325. The van der Waals surface area contributed by atoms with Crippen LogP contribution in [0.1, 0.15) is 68.1 Å². The van der Waals surface area contributed by atoms with Crippen molar-refractivity contribution in [3.63, 3.8) is 0 Å². The average Bonchev–Trinajstić information content (AvgIpc) is 3.10. The molecule has 0 aliphatic carbocycles. The molecule has 0 spiro atoms. The summed E-state index contributed by atoms with van der Waals surface area (Å²) >= 11 is 1.66. The summed E-state index contributed by atoms with van der Waals surface area (Å²) < 4.78 is 13.0. The molecule has 49 heavy (non-hydrogen) atoms. The minimum Gasteiger partial charge on any atom is -0.397 e. The Morgan fingerprint density at radius 2 is 1.51 bits per heavy atom. The van der Waals surface area contributed by atoms with Crippen molar-refractivity contribution in [3.8, 4) is 0 Å². The molecule has 0 unspecified atom stereocenters. The van der Waals surface area contributed by atoms with E-state index in [0.717, 1.165) is 27.3 Å². The van der Waals surface area contributed by atoms with Gasteiger partial charge in [0.15, 0.2) is 6.29 Å². The van der Waals surface area contributed by atoms with Gasteiger partial charge < -0.3 is 36.3 Å². The van der Waals surface area contributed by atoms with Gasteiger partial charge >= 0.3 is 0 Å². The number of nitrogens with one attached hydrogen (secondary N) is 3. The van der Waals surface area contributed by atoms with Crippen LogP contribution in [0.2, 0.25) is 0 Å². The lowest BCUT2D eigenvalue weighted by atomic mass is 10.0. The molecule has 4 aromatic carbocycles. The number of amides is 3. The van der Waals surface area contributed by atoms with Crippen LogP contribution in [0.25, 0.3) is 0 Å². The van der Waals surface area contributed by atoms with E-state index in [-0.39, 0.29) is 43.0 Å². The number of aliphatic hydroxyl groups is 1. The van der Waals surface area contributed by atoms with Gasteiger partial charge in [0.2, 0.25) is 17.7 Å². The molecule has 5 rings (SSSR count). The number of thioether (sulfide) groups is 1. The summed E-state index contributed by atoms with van der Waals surface area (Å²) in [5.41, 5.74) is 11.0. The van der Waals surface area contributed by atoms with Gasteiger partial charge in [0.25, 0.3) is 0 Å². The highest BCUT2D eigenvalue weighted by Crippen LogP contribution is 2.40. The van der Waals surface area contributed by atoms with Crippen molar-refractivity contribution < 1.29 is 29.0 Å². The predicted octanol–water partition coefficient (Wildman–Crippen LogP) is 7.19. The third-order valence-corrected chi connectivity index (χ3v) is 9.10. The SMILES string of the molecule is CC(=O)Nc1ccc(SC[C@H]2C[C@@H](c3ccc(CO)cc3)O[C@@H](c3cccc(NC(=O)CCCCC(=O)Nc4ccccc4N)c3)O2)cc1. The summed E-state index contributed by atoms with van der Waals surface area (Å²) in [6, 6.07) is 30.0. The maximum Gasteiger partial charge on any atom is 0.224 e. The van der Waals surface area contributed by atoms with Crippen molar-refractivity contribution in [2.24, 2.45) is 0 Å². The van der Waals surface area contributed by atoms with Crippen LogP contribution in [-0.2, 0) is 30.5 Å². The third-order valence-electron chi connectivity index (χ3n) is 7.96.